The van der Waals surface area contributed by atoms with E-state index in [4.69, 9.17) is 4.74 Å². The molecule has 106 valence electrons. The minimum absolute atomic E-state index is 0.0147. The molecule has 0 radical (unpaired) electrons. The van der Waals surface area contributed by atoms with Crippen molar-refractivity contribution in [2.75, 3.05) is 0 Å². The highest BCUT2D eigenvalue weighted by Crippen LogP contribution is 2.24. The van der Waals surface area contributed by atoms with Gasteiger partial charge in [-0.3, -0.25) is 9.59 Å². The van der Waals surface area contributed by atoms with Gasteiger partial charge in [-0.05, 0) is 31.7 Å². The molecule has 0 heterocycles. The second-order valence-corrected chi connectivity index (χ2v) is 5.35. The summed E-state index contributed by atoms with van der Waals surface area (Å²) in [6.45, 7) is 3.38. The first-order valence-electron chi connectivity index (χ1n) is 6.98. The van der Waals surface area contributed by atoms with Crippen molar-refractivity contribution in [1.82, 2.24) is 0 Å². The summed E-state index contributed by atoms with van der Waals surface area (Å²) in [7, 11) is 0. The van der Waals surface area contributed by atoms with Crippen LogP contribution in [0.5, 0.6) is 0 Å². The molecule has 2 unspecified atom stereocenters. The molecule has 0 saturated heterocycles. The van der Waals surface area contributed by atoms with Crippen LogP contribution in [0.15, 0.2) is 42.0 Å². The van der Waals surface area contributed by atoms with Crippen molar-refractivity contribution in [2.24, 2.45) is 5.92 Å². The van der Waals surface area contributed by atoms with E-state index in [1.54, 1.807) is 0 Å². The van der Waals surface area contributed by atoms with E-state index in [1.165, 1.54) is 12.5 Å². The SMILES string of the molecule is CC(=O)OC1CCC(C)=CC(Cc2ccccc2)C1=O. The molecule has 1 aromatic carbocycles. The number of benzene rings is 1. The van der Waals surface area contributed by atoms with E-state index in [-0.39, 0.29) is 17.7 Å². The van der Waals surface area contributed by atoms with Gasteiger partial charge >= 0.3 is 5.97 Å². The number of rotatable bonds is 3. The van der Waals surface area contributed by atoms with Gasteiger partial charge in [-0.2, -0.15) is 0 Å². The number of allylic oxidation sites excluding steroid dienone is 2. The summed E-state index contributed by atoms with van der Waals surface area (Å²) >= 11 is 0. The standard InChI is InChI=1S/C17H20O3/c1-12-8-9-16(20-13(2)18)17(19)15(10-12)11-14-6-4-3-5-7-14/h3-7,10,15-16H,8-9,11H2,1-2H3. The molecular weight excluding hydrogens is 252 g/mol. The predicted molar refractivity (Wildman–Crippen MR) is 77.2 cm³/mol. The van der Waals surface area contributed by atoms with Crippen LogP contribution in [0.25, 0.3) is 0 Å². The third-order valence-corrected chi connectivity index (χ3v) is 3.58. The zero-order valence-corrected chi connectivity index (χ0v) is 12.0. The molecule has 0 fully saturated rings. The number of ether oxygens (including phenoxy) is 1. The first-order valence-corrected chi connectivity index (χ1v) is 6.98. The van der Waals surface area contributed by atoms with Crippen LogP contribution in [0.2, 0.25) is 0 Å². The maximum atomic E-state index is 12.5. The monoisotopic (exact) mass is 272 g/mol. The Bertz CT molecular complexity index is 516. The summed E-state index contributed by atoms with van der Waals surface area (Å²) in [4.78, 5) is 23.6. The van der Waals surface area contributed by atoms with Gasteiger partial charge in [0.15, 0.2) is 11.9 Å². The normalized spacial score (nSPS) is 22.9. The van der Waals surface area contributed by atoms with E-state index in [0.717, 1.165) is 12.0 Å². The molecule has 3 nitrogen and oxygen atoms in total. The first kappa shape index (κ1) is 14.5. The van der Waals surface area contributed by atoms with Crippen LogP contribution in [0, 0.1) is 5.92 Å². The molecule has 2 atom stereocenters. The molecule has 0 aromatic heterocycles. The lowest BCUT2D eigenvalue weighted by atomic mass is 9.92. The van der Waals surface area contributed by atoms with Crippen LogP contribution in [0.3, 0.4) is 0 Å². The largest absolute Gasteiger partial charge is 0.455 e. The van der Waals surface area contributed by atoms with E-state index in [1.807, 2.05) is 43.3 Å². The molecule has 1 aromatic rings. The molecule has 2 rings (SSSR count). The van der Waals surface area contributed by atoms with Crippen molar-refractivity contribution in [3.05, 3.63) is 47.5 Å². The molecule has 0 saturated carbocycles. The van der Waals surface area contributed by atoms with Gasteiger partial charge in [0.25, 0.3) is 0 Å². The van der Waals surface area contributed by atoms with Gasteiger partial charge in [0.2, 0.25) is 0 Å². The van der Waals surface area contributed by atoms with Crippen molar-refractivity contribution in [3.63, 3.8) is 0 Å². The van der Waals surface area contributed by atoms with Crippen molar-refractivity contribution >= 4 is 11.8 Å². The zero-order valence-electron chi connectivity index (χ0n) is 12.0. The Hall–Kier alpha value is -1.90. The Morgan fingerprint density at radius 2 is 2.00 bits per heavy atom. The summed E-state index contributed by atoms with van der Waals surface area (Å²) in [5.74, 6) is -0.577. The molecule has 0 aliphatic heterocycles. The molecule has 1 aliphatic carbocycles. The number of carbonyl (C=O) groups excluding carboxylic acids is 2. The van der Waals surface area contributed by atoms with Gasteiger partial charge in [-0.1, -0.05) is 42.0 Å². The van der Waals surface area contributed by atoms with E-state index in [9.17, 15) is 9.59 Å². The fourth-order valence-corrected chi connectivity index (χ4v) is 2.59. The Labute approximate surface area is 119 Å². The minimum atomic E-state index is -0.602. The number of hydrogen-bond acceptors (Lipinski definition) is 3. The van der Waals surface area contributed by atoms with E-state index >= 15 is 0 Å². The summed E-state index contributed by atoms with van der Waals surface area (Å²) in [5, 5.41) is 0. The summed E-state index contributed by atoms with van der Waals surface area (Å²) in [6, 6.07) is 9.93. The number of hydrogen-bond donors (Lipinski definition) is 0. The average Bonchev–Trinajstić information content (AvgIpc) is 2.53. The van der Waals surface area contributed by atoms with Crippen LogP contribution in [0.1, 0.15) is 32.3 Å². The van der Waals surface area contributed by atoms with Gasteiger partial charge in [-0.25, -0.2) is 0 Å². The third-order valence-electron chi connectivity index (χ3n) is 3.58. The molecule has 3 heteroatoms. The fourth-order valence-electron chi connectivity index (χ4n) is 2.59. The van der Waals surface area contributed by atoms with Gasteiger partial charge in [-0.15, -0.1) is 0 Å². The number of esters is 1. The van der Waals surface area contributed by atoms with Crippen molar-refractivity contribution in [3.8, 4) is 0 Å². The maximum Gasteiger partial charge on any atom is 0.303 e. The number of Topliss-reactive ketones (excluding diaryl/α,β-unsaturated/α-hetero) is 1. The highest BCUT2D eigenvalue weighted by Gasteiger charge is 2.30. The third kappa shape index (κ3) is 3.80. The Morgan fingerprint density at radius 1 is 1.30 bits per heavy atom. The van der Waals surface area contributed by atoms with Crippen molar-refractivity contribution in [2.45, 2.75) is 39.2 Å². The maximum absolute atomic E-state index is 12.5. The van der Waals surface area contributed by atoms with Gasteiger partial charge in [0.1, 0.15) is 0 Å². The van der Waals surface area contributed by atoms with E-state index < -0.39 is 6.10 Å². The molecule has 20 heavy (non-hydrogen) atoms. The van der Waals surface area contributed by atoms with Crippen molar-refractivity contribution in [1.29, 1.82) is 0 Å². The van der Waals surface area contributed by atoms with E-state index in [0.29, 0.717) is 12.8 Å². The first-order chi connectivity index (χ1) is 9.56. The topological polar surface area (TPSA) is 43.4 Å². The Morgan fingerprint density at radius 3 is 2.65 bits per heavy atom. The van der Waals surface area contributed by atoms with Crippen LogP contribution in [-0.2, 0) is 20.7 Å². The molecule has 0 spiro atoms. The Kier molecular flexibility index (Phi) is 4.72. The fraction of sp³-hybridized carbons (Fsp3) is 0.412. The number of ketones is 1. The zero-order chi connectivity index (χ0) is 14.5. The molecule has 1 aliphatic rings. The summed E-state index contributed by atoms with van der Waals surface area (Å²) in [5.41, 5.74) is 2.31. The summed E-state index contributed by atoms with van der Waals surface area (Å²) in [6.07, 6.45) is 3.48. The van der Waals surface area contributed by atoms with E-state index in [2.05, 4.69) is 0 Å². The molecular formula is C17H20O3. The van der Waals surface area contributed by atoms with Crippen LogP contribution in [-0.4, -0.2) is 17.9 Å². The van der Waals surface area contributed by atoms with Crippen LogP contribution >= 0.6 is 0 Å². The van der Waals surface area contributed by atoms with Gasteiger partial charge in [0.05, 0.1) is 0 Å². The highest BCUT2D eigenvalue weighted by molar-refractivity contribution is 5.89. The lowest BCUT2D eigenvalue weighted by Crippen LogP contribution is -2.31. The number of carbonyl (C=O) groups is 2. The highest BCUT2D eigenvalue weighted by atomic mass is 16.5. The smallest absolute Gasteiger partial charge is 0.303 e. The predicted octanol–water partition coefficient (Wildman–Crippen LogP) is 3.09. The second-order valence-electron chi connectivity index (χ2n) is 5.35. The van der Waals surface area contributed by atoms with Crippen molar-refractivity contribution < 1.29 is 14.3 Å². The second kappa shape index (κ2) is 6.51. The Balaban J connectivity index is 2.17. The quantitative estimate of drug-likeness (QED) is 0.627. The van der Waals surface area contributed by atoms with Crippen LogP contribution < -0.4 is 0 Å². The molecule has 0 N–H and O–H groups in total. The average molecular weight is 272 g/mol. The van der Waals surface area contributed by atoms with Gasteiger partial charge < -0.3 is 4.74 Å². The molecule has 0 amide bonds. The lowest BCUT2D eigenvalue weighted by Gasteiger charge is -2.18. The summed E-state index contributed by atoms with van der Waals surface area (Å²) < 4.78 is 5.18. The van der Waals surface area contributed by atoms with Crippen LogP contribution in [0.4, 0.5) is 0 Å². The van der Waals surface area contributed by atoms with Gasteiger partial charge in [0, 0.05) is 12.8 Å². The molecule has 0 bridgehead atoms. The lowest BCUT2D eigenvalue weighted by molar-refractivity contribution is -0.154. The minimum Gasteiger partial charge on any atom is -0.455 e.